The number of aliphatic hydroxyl groups is 1. The van der Waals surface area contributed by atoms with Gasteiger partial charge in [0.1, 0.15) is 6.61 Å². The SMILES string of the molecule is OCC#Cc1ccc(F)c(OC2CCCCC2)c1. The van der Waals surface area contributed by atoms with Crippen LogP contribution in [-0.4, -0.2) is 17.8 Å². The van der Waals surface area contributed by atoms with Crippen molar-refractivity contribution in [2.75, 3.05) is 6.61 Å². The van der Waals surface area contributed by atoms with Crippen LogP contribution in [0.15, 0.2) is 18.2 Å². The molecule has 1 N–H and O–H groups in total. The van der Waals surface area contributed by atoms with Crippen molar-refractivity contribution in [3.8, 4) is 17.6 Å². The maximum atomic E-state index is 13.6. The molecular formula is C15H17FO2. The molecule has 0 radical (unpaired) electrons. The van der Waals surface area contributed by atoms with Gasteiger partial charge in [0.15, 0.2) is 11.6 Å². The lowest BCUT2D eigenvalue weighted by atomic mass is 9.98. The minimum absolute atomic E-state index is 0.120. The van der Waals surface area contributed by atoms with E-state index in [2.05, 4.69) is 11.8 Å². The molecule has 0 heterocycles. The lowest BCUT2D eigenvalue weighted by molar-refractivity contribution is 0.148. The van der Waals surface area contributed by atoms with Gasteiger partial charge in [0.2, 0.25) is 0 Å². The predicted octanol–water partition coefficient (Wildman–Crippen LogP) is 2.88. The lowest BCUT2D eigenvalue weighted by Crippen LogP contribution is -2.20. The molecule has 0 spiro atoms. The summed E-state index contributed by atoms with van der Waals surface area (Å²) < 4.78 is 19.3. The van der Waals surface area contributed by atoms with E-state index in [4.69, 9.17) is 9.84 Å². The lowest BCUT2D eigenvalue weighted by Gasteiger charge is -2.23. The number of hydrogen-bond acceptors (Lipinski definition) is 2. The molecule has 1 fully saturated rings. The third-order valence-corrected chi connectivity index (χ3v) is 3.09. The summed E-state index contributed by atoms with van der Waals surface area (Å²) in [7, 11) is 0. The summed E-state index contributed by atoms with van der Waals surface area (Å²) in [5.41, 5.74) is 0.663. The van der Waals surface area contributed by atoms with Gasteiger partial charge in [-0.1, -0.05) is 18.3 Å². The number of aliphatic hydroxyl groups excluding tert-OH is 1. The van der Waals surface area contributed by atoms with E-state index in [0.29, 0.717) is 5.56 Å². The number of benzene rings is 1. The first-order valence-electron chi connectivity index (χ1n) is 6.35. The fraction of sp³-hybridized carbons (Fsp3) is 0.467. The standard InChI is InChI=1S/C15H17FO2/c16-14-9-8-12(5-4-10-17)11-15(14)18-13-6-2-1-3-7-13/h8-9,11,13,17H,1-3,6-7,10H2. The van der Waals surface area contributed by atoms with E-state index >= 15 is 0 Å². The van der Waals surface area contributed by atoms with Crippen LogP contribution >= 0.6 is 0 Å². The van der Waals surface area contributed by atoms with Crippen LogP contribution in [0, 0.1) is 17.7 Å². The monoisotopic (exact) mass is 248 g/mol. The molecule has 0 aromatic heterocycles. The summed E-state index contributed by atoms with van der Waals surface area (Å²) in [6.45, 7) is -0.198. The molecule has 3 heteroatoms. The molecular weight excluding hydrogens is 231 g/mol. The summed E-state index contributed by atoms with van der Waals surface area (Å²) in [5.74, 6) is 5.21. The quantitative estimate of drug-likeness (QED) is 0.815. The smallest absolute Gasteiger partial charge is 0.165 e. The summed E-state index contributed by atoms with van der Waals surface area (Å²) in [4.78, 5) is 0. The zero-order valence-electron chi connectivity index (χ0n) is 10.3. The Hall–Kier alpha value is -1.53. The van der Waals surface area contributed by atoms with Crippen molar-refractivity contribution in [2.45, 2.75) is 38.2 Å². The van der Waals surface area contributed by atoms with Gasteiger partial charge in [0.25, 0.3) is 0 Å². The van der Waals surface area contributed by atoms with Gasteiger partial charge in [0, 0.05) is 5.56 Å². The Morgan fingerprint density at radius 3 is 2.78 bits per heavy atom. The van der Waals surface area contributed by atoms with E-state index in [-0.39, 0.29) is 24.3 Å². The second-order valence-corrected chi connectivity index (χ2v) is 4.48. The van der Waals surface area contributed by atoms with Crippen molar-refractivity contribution in [1.29, 1.82) is 0 Å². The van der Waals surface area contributed by atoms with Crippen molar-refractivity contribution in [1.82, 2.24) is 0 Å². The second kappa shape index (κ2) is 6.42. The van der Waals surface area contributed by atoms with Gasteiger partial charge in [0.05, 0.1) is 6.10 Å². The van der Waals surface area contributed by atoms with Gasteiger partial charge >= 0.3 is 0 Å². The molecule has 1 aromatic carbocycles. The zero-order chi connectivity index (χ0) is 12.8. The molecule has 0 bridgehead atoms. The Kier molecular flexibility index (Phi) is 4.60. The minimum atomic E-state index is -0.352. The third-order valence-electron chi connectivity index (χ3n) is 3.09. The second-order valence-electron chi connectivity index (χ2n) is 4.48. The maximum absolute atomic E-state index is 13.6. The van der Waals surface area contributed by atoms with E-state index < -0.39 is 0 Å². The first-order valence-corrected chi connectivity index (χ1v) is 6.35. The molecule has 1 aliphatic rings. The third kappa shape index (κ3) is 3.48. The van der Waals surface area contributed by atoms with Gasteiger partial charge in [-0.2, -0.15) is 0 Å². The first kappa shape index (κ1) is 12.9. The van der Waals surface area contributed by atoms with Crippen LogP contribution in [0.4, 0.5) is 4.39 Å². The summed E-state index contributed by atoms with van der Waals surface area (Å²) in [6, 6.07) is 4.55. The van der Waals surface area contributed by atoms with Crippen LogP contribution in [0.25, 0.3) is 0 Å². The van der Waals surface area contributed by atoms with Crippen LogP contribution < -0.4 is 4.74 Å². The Morgan fingerprint density at radius 2 is 2.06 bits per heavy atom. The predicted molar refractivity (Wildman–Crippen MR) is 67.9 cm³/mol. The minimum Gasteiger partial charge on any atom is -0.487 e. The van der Waals surface area contributed by atoms with Crippen molar-refractivity contribution >= 4 is 0 Å². The molecule has 0 unspecified atom stereocenters. The molecule has 2 rings (SSSR count). The fourth-order valence-corrected chi connectivity index (χ4v) is 2.18. The summed E-state index contributed by atoms with van der Waals surface area (Å²) in [6.07, 6.45) is 5.64. The van der Waals surface area contributed by atoms with E-state index in [0.717, 1.165) is 25.7 Å². The van der Waals surface area contributed by atoms with E-state index in [1.165, 1.54) is 12.5 Å². The van der Waals surface area contributed by atoms with Gasteiger partial charge < -0.3 is 9.84 Å². The molecule has 2 nitrogen and oxygen atoms in total. The number of halogens is 1. The highest BCUT2D eigenvalue weighted by Gasteiger charge is 2.16. The van der Waals surface area contributed by atoms with Gasteiger partial charge in [-0.3, -0.25) is 0 Å². The van der Waals surface area contributed by atoms with E-state index in [1.807, 2.05) is 0 Å². The molecule has 1 aromatic rings. The topological polar surface area (TPSA) is 29.5 Å². The van der Waals surface area contributed by atoms with E-state index in [1.54, 1.807) is 12.1 Å². The molecule has 96 valence electrons. The first-order chi connectivity index (χ1) is 8.79. The summed E-state index contributed by atoms with van der Waals surface area (Å²) >= 11 is 0. The molecule has 18 heavy (non-hydrogen) atoms. The van der Waals surface area contributed by atoms with Crippen molar-refractivity contribution in [3.63, 3.8) is 0 Å². The molecule has 0 saturated heterocycles. The molecule has 0 amide bonds. The molecule has 0 aliphatic heterocycles. The van der Waals surface area contributed by atoms with Gasteiger partial charge in [-0.05, 0) is 43.9 Å². The molecule has 0 atom stereocenters. The highest BCUT2D eigenvalue weighted by atomic mass is 19.1. The Labute approximate surface area is 107 Å². The van der Waals surface area contributed by atoms with Gasteiger partial charge in [-0.25, -0.2) is 4.39 Å². The Bertz CT molecular complexity index is 453. The van der Waals surface area contributed by atoms with Crippen LogP contribution in [0.1, 0.15) is 37.7 Å². The van der Waals surface area contributed by atoms with Crippen molar-refractivity contribution in [3.05, 3.63) is 29.6 Å². The average Bonchev–Trinajstić information content (AvgIpc) is 2.41. The highest BCUT2D eigenvalue weighted by molar-refractivity contribution is 5.40. The number of rotatable bonds is 2. The van der Waals surface area contributed by atoms with Crippen LogP contribution in [0.3, 0.4) is 0 Å². The van der Waals surface area contributed by atoms with Crippen molar-refractivity contribution < 1.29 is 14.2 Å². The summed E-state index contributed by atoms with van der Waals surface area (Å²) in [5, 5.41) is 8.63. The number of ether oxygens (including phenoxy) is 1. The number of hydrogen-bond donors (Lipinski definition) is 1. The fourth-order valence-electron chi connectivity index (χ4n) is 2.18. The van der Waals surface area contributed by atoms with E-state index in [9.17, 15) is 4.39 Å². The average molecular weight is 248 g/mol. The Morgan fingerprint density at radius 1 is 1.28 bits per heavy atom. The molecule has 1 saturated carbocycles. The maximum Gasteiger partial charge on any atom is 0.165 e. The highest BCUT2D eigenvalue weighted by Crippen LogP contribution is 2.26. The van der Waals surface area contributed by atoms with Crippen molar-refractivity contribution in [2.24, 2.45) is 0 Å². The molecule has 1 aliphatic carbocycles. The van der Waals surface area contributed by atoms with Gasteiger partial charge in [-0.15, -0.1) is 0 Å². The van der Waals surface area contributed by atoms with Crippen LogP contribution in [0.5, 0.6) is 5.75 Å². The zero-order valence-corrected chi connectivity index (χ0v) is 10.3. The largest absolute Gasteiger partial charge is 0.487 e. The van der Waals surface area contributed by atoms with Crippen LogP contribution in [0.2, 0.25) is 0 Å². The Balaban J connectivity index is 2.10. The van der Waals surface area contributed by atoms with Crippen LogP contribution in [-0.2, 0) is 0 Å². The normalized spacial score (nSPS) is 15.9.